The van der Waals surface area contributed by atoms with E-state index in [0.717, 1.165) is 18.4 Å². The summed E-state index contributed by atoms with van der Waals surface area (Å²) in [5.41, 5.74) is 2.23. The van der Waals surface area contributed by atoms with Crippen LogP contribution in [-0.2, 0) is 11.2 Å². The first-order valence-corrected chi connectivity index (χ1v) is 7.45. The highest BCUT2D eigenvalue weighted by Crippen LogP contribution is 2.10. The molecule has 1 rings (SSSR count). The second-order valence-corrected chi connectivity index (χ2v) is 5.53. The van der Waals surface area contributed by atoms with Gasteiger partial charge in [-0.05, 0) is 44.6 Å². The summed E-state index contributed by atoms with van der Waals surface area (Å²) in [4.78, 5) is 10.2. The first-order chi connectivity index (χ1) is 9.95. The summed E-state index contributed by atoms with van der Waals surface area (Å²) < 4.78 is 0. The molecule has 0 saturated carbocycles. The number of carboxylic acids is 1. The average molecular weight is 292 g/mol. The van der Waals surface area contributed by atoms with Gasteiger partial charge in [0.25, 0.3) is 0 Å². The molecular formula is C18H28O3. The minimum Gasteiger partial charge on any atom is -0.481 e. The molecule has 0 radical (unpaired) electrons. The van der Waals surface area contributed by atoms with Crippen LogP contribution in [0.1, 0.15) is 45.6 Å². The van der Waals surface area contributed by atoms with Gasteiger partial charge in [0, 0.05) is 6.61 Å². The fourth-order valence-electron chi connectivity index (χ4n) is 1.79. The SMILES string of the molecule is CC(C)=CCCC(C)CCO.O=C(O)Cc1ccccc1. The van der Waals surface area contributed by atoms with Crippen molar-refractivity contribution in [3.63, 3.8) is 0 Å². The van der Waals surface area contributed by atoms with E-state index in [4.69, 9.17) is 10.2 Å². The standard InChI is InChI=1S/C10H20O.C8H8O2/c1-9(2)5-4-6-10(3)7-8-11;9-8(10)6-7-4-2-1-3-5-7/h5,10-11H,4,6-8H2,1-3H3;1-5H,6H2,(H,9,10). The lowest BCUT2D eigenvalue weighted by Crippen LogP contribution is -1.98. The lowest BCUT2D eigenvalue weighted by atomic mass is 10.0. The van der Waals surface area contributed by atoms with Crippen molar-refractivity contribution in [1.82, 2.24) is 0 Å². The van der Waals surface area contributed by atoms with Crippen LogP contribution in [0.15, 0.2) is 42.0 Å². The molecule has 0 heterocycles. The fourth-order valence-corrected chi connectivity index (χ4v) is 1.79. The minimum atomic E-state index is -0.786. The molecule has 1 atom stereocenters. The molecule has 2 N–H and O–H groups in total. The first kappa shape index (κ1) is 19.4. The van der Waals surface area contributed by atoms with Gasteiger partial charge in [0.05, 0.1) is 6.42 Å². The van der Waals surface area contributed by atoms with Crippen LogP contribution < -0.4 is 0 Å². The van der Waals surface area contributed by atoms with Gasteiger partial charge in [-0.25, -0.2) is 0 Å². The lowest BCUT2D eigenvalue weighted by Gasteiger charge is -2.06. The Balaban J connectivity index is 0.000000382. The van der Waals surface area contributed by atoms with E-state index in [9.17, 15) is 4.79 Å². The van der Waals surface area contributed by atoms with E-state index in [-0.39, 0.29) is 6.42 Å². The van der Waals surface area contributed by atoms with E-state index < -0.39 is 5.97 Å². The molecule has 0 aromatic heterocycles. The molecule has 0 fully saturated rings. The topological polar surface area (TPSA) is 57.5 Å². The van der Waals surface area contributed by atoms with E-state index >= 15 is 0 Å². The highest BCUT2D eigenvalue weighted by Gasteiger charge is 1.98. The Morgan fingerprint density at radius 1 is 1.19 bits per heavy atom. The van der Waals surface area contributed by atoms with Crippen LogP contribution >= 0.6 is 0 Å². The molecule has 3 heteroatoms. The van der Waals surface area contributed by atoms with Crippen molar-refractivity contribution < 1.29 is 15.0 Å². The summed E-state index contributed by atoms with van der Waals surface area (Å²) in [6.45, 7) is 6.76. The maximum Gasteiger partial charge on any atom is 0.307 e. The fraction of sp³-hybridized carbons (Fsp3) is 0.500. The zero-order chi connectivity index (χ0) is 16.1. The summed E-state index contributed by atoms with van der Waals surface area (Å²) in [7, 11) is 0. The molecular weight excluding hydrogens is 264 g/mol. The Hall–Kier alpha value is -1.61. The van der Waals surface area contributed by atoms with Crippen molar-refractivity contribution in [1.29, 1.82) is 0 Å². The number of benzene rings is 1. The van der Waals surface area contributed by atoms with Crippen LogP contribution in [0, 0.1) is 5.92 Å². The van der Waals surface area contributed by atoms with Crippen molar-refractivity contribution in [3.8, 4) is 0 Å². The van der Waals surface area contributed by atoms with E-state index in [1.54, 1.807) is 12.1 Å². The van der Waals surface area contributed by atoms with Gasteiger partial charge in [0.2, 0.25) is 0 Å². The average Bonchev–Trinajstić information content (AvgIpc) is 2.39. The van der Waals surface area contributed by atoms with Gasteiger partial charge in [-0.2, -0.15) is 0 Å². The van der Waals surface area contributed by atoms with E-state index in [2.05, 4.69) is 26.8 Å². The molecule has 0 bridgehead atoms. The maximum atomic E-state index is 10.2. The van der Waals surface area contributed by atoms with Gasteiger partial charge in [-0.1, -0.05) is 48.9 Å². The van der Waals surface area contributed by atoms with E-state index in [1.165, 1.54) is 12.0 Å². The number of hydrogen-bond acceptors (Lipinski definition) is 2. The predicted molar refractivity (Wildman–Crippen MR) is 87.3 cm³/mol. The number of carboxylic acid groups (broad SMARTS) is 1. The summed E-state index contributed by atoms with van der Waals surface area (Å²) in [5, 5.41) is 17.0. The summed E-state index contributed by atoms with van der Waals surface area (Å²) >= 11 is 0. The van der Waals surface area contributed by atoms with Crippen molar-refractivity contribution in [2.75, 3.05) is 6.61 Å². The molecule has 1 unspecified atom stereocenters. The second-order valence-electron chi connectivity index (χ2n) is 5.53. The molecule has 0 aliphatic carbocycles. The first-order valence-electron chi connectivity index (χ1n) is 7.45. The Labute approximate surface area is 128 Å². The van der Waals surface area contributed by atoms with Gasteiger partial charge < -0.3 is 10.2 Å². The highest BCUT2D eigenvalue weighted by molar-refractivity contribution is 5.70. The number of aliphatic hydroxyl groups excluding tert-OH is 1. The normalized spacial score (nSPS) is 11.0. The van der Waals surface area contributed by atoms with Gasteiger partial charge in [-0.15, -0.1) is 0 Å². The molecule has 3 nitrogen and oxygen atoms in total. The third-order valence-electron chi connectivity index (χ3n) is 3.03. The molecule has 0 saturated heterocycles. The molecule has 0 aliphatic heterocycles. The van der Waals surface area contributed by atoms with Crippen LogP contribution in [0.5, 0.6) is 0 Å². The monoisotopic (exact) mass is 292 g/mol. The summed E-state index contributed by atoms with van der Waals surface area (Å²) in [6, 6.07) is 9.13. The Kier molecular flexibility index (Phi) is 11.2. The third kappa shape index (κ3) is 13.1. The van der Waals surface area contributed by atoms with E-state index in [1.807, 2.05) is 18.2 Å². The van der Waals surface area contributed by atoms with Gasteiger partial charge in [0.1, 0.15) is 0 Å². The van der Waals surface area contributed by atoms with Gasteiger partial charge >= 0.3 is 5.97 Å². The van der Waals surface area contributed by atoms with Crippen molar-refractivity contribution in [2.24, 2.45) is 5.92 Å². The quantitative estimate of drug-likeness (QED) is 0.745. The Bertz CT molecular complexity index is 406. The molecule has 0 amide bonds. The van der Waals surface area contributed by atoms with Crippen molar-refractivity contribution in [2.45, 2.75) is 46.5 Å². The Morgan fingerprint density at radius 2 is 1.81 bits per heavy atom. The molecule has 118 valence electrons. The van der Waals surface area contributed by atoms with Gasteiger partial charge in [-0.3, -0.25) is 4.79 Å². The molecule has 0 spiro atoms. The molecule has 21 heavy (non-hydrogen) atoms. The number of carbonyl (C=O) groups is 1. The number of allylic oxidation sites excluding steroid dienone is 2. The maximum absolute atomic E-state index is 10.2. The smallest absolute Gasteiger partial charge is 0.307 e. The van der Waals surface area contributed by atoms with Crippen LogP contribution in [0.25, 0.3) is 0 Å². The predicted octanol–water partition coefficient (Wildman–Crippen LogP) is 4.07. The molecule has 0 aliphatic rings. The van der Waals surface area contributed by atoms with Crippen LogP contribution in [0.4, 0.5) is 0 Å². The second kappa shape index (κ2) is 12.2. The van der Waals surface area contributed by atoms with Crippen LogP contribution in [0.3, 0.4) is 0 Å². The number of aliphatic hydroxyl groups is 1. The summed E-state index contributed by atoms with van der Waals surface area (Å²) in [5.74, 6) is -0.123. The largest absolute Gasteiger partial charge is 0.481 e. The zero-order valence-corrected chi connectivity index (χ0v) is 13.4. The van der Waals surface area contributed by atoms with Crippen LogP contribution in [0.2, 0.25) is 0 Å². The number of aliphatic carboxylic acids is 1. The third-order valence-corrected chi connectivity index (χ3v) is 3.03. The molecule has 1 aromatic rings. The zero-order valence-electron chi connectivity index (χ0n) is 13.4. The number of hydrogen-bond donors (Lipinski definition) is 2. The molecule has 1 aromatic carbocycles. The highest BCUT2D eigenvalue weighted by atomic mass is 16.4. The van der Waals surface area contributed by atoms with Crippen molar-refractivity contribution in [3.05, 3.63) is 47.5 Å². The van der Waals surface area contributed by atoms with E-state index in [0.29, 0.717) is 12.5 Å². The van der Waals surface area contributed by atoms with Gasteiger partial charge in [0.15, 0.2) is 0 Å². The lowest BCUT2D eigenvalue weighted by molar-refractivity contribution is -0.136. The minimum absolute atomic E-state index is 0.112. The number of rotatable bonds is 7. The van der Waals surface area contributed by atoms with Crippen LogP contribution in [-0.4, -0.2) is 22.8 Å². The van der Waals surface area contributed by atoms with Crippen molar-refractivity contribution >= 4 is 5.97 Å². The summed E-state index contributed by atoms with van der Waals surface area (Å²) in [6.07, 6.45) is 5.67. The Morgan fingerprint density at radius 3 is 2.29 bits per heavy atom.